The van der Waals surface area contributed by atoms with E-state index in [1.807, 2.05) is 88.1 Å². The van der Waals surface area contributed by atoms with Gasteiger partial charge in [-0.3, -0.25) is 14.4 Å². The van der Waals surface area contributed by atoms with E-state index in [4.69, 9.17) is 15.7 Å². The van der Waals surface area contributed by atoms with Gasteiger partial charge in [-0.15, -0.1) is 21.5 Å². The molecule has 17 nitrogen and oxygen atoms in total. The minimum absolute atomic E-state index is 0.0356. The van der Waals surface area contributed by atoms with E-state index in [0.717, 1.165) is 78.1 Å². The number of hydrogen-bond donors (Lipinski definition) is 5. The highest BCUT2D eigenvalue weighted by atomic mass is 32.1. The lowest BCUT2D eigenvalue weighted by Crippen LogP contribution is -2.60. The van der Waals surface area contributed by atoms with Crippen LogP contribution in [0.2, 0.25) is 0 Å². The van der Waals surface area contributed by atoms with E-state index in [0.29, 0.717) is 42.0 Å². The van der Waals surface area contributed by atoms with Gasteiger partial charge in [-0.05, 0) is 99.1 Å². The SMILES string of the molecule is CCC1CN(c2cc(-c3ccccc3O)nnc2N)CC(C)N1c1ncc(CN(C)CC2CC3(C2)CC(C(=O)N[C@H](C(=O)N2C[C@H](O)C[C@H]2C(=O)NCc2ccc(-c4scnc4C)cc2)C(C)(C)C)C3)cn1. The number of amides is 3. The number of piperazine rings is 1. The van der Waals surface area contributed by atoms with Crippen LogP contribution >= 0.6 is 11.3 Å². The van der Waals surface area contributed by atoms with Crippen molar-refractivity contribution in [3.63, 3.8) is 0 Å². The third-order valence-electron chi connectivity index (χ3n) is 15.4. The summed E-state index contributed by atoms with van der Waals surface area (Å²) in [6, 6.07) is 15.5. The molecule has 3 amide bonds. The Kier molecular flexibility index (Phi) is 14.6. The van der Waals surface area contributed by atoms with Crippen LogP contribution in [-0.4, -0.2) is 126 Å². The summed E-state index contributed by atoms with van der Waals surface area (Å²) in [5.41, 5.74) is 13.7. The van der Waals surface area contributed by atoms with E-state index in [1.165, 1.54) is 4.90 Å². The molecule has 5 aromatic rings. The lowest BCUT2D eigenvalue weighted by atomic mass is 9.48. The molecule has 0 bridgehead atoms. The van der Waals surface area contributed by atoms with Crippen LogP contribution in [0, 0.1) is 29.6 Å². The van der Waals surface area contributed by atoms with Crippen LogP contribution in [0.1, 0.15) is 90.0 Å². The van der Waals surface area contributed by atoms with Crippen molar-refractivity contribution in [2.45, 2.75) is 123 Å². The minimum atomic E-state index is -0.852. The maximum Gasteiger partial charge on any atom is 0.246 e. The number of aromatic nitrogens is 5. The summed E-state index contributed by atoms with van der Waals surface area (Å²) in [6.45, 7) is 15.5. The molecule has 2 saturated heterocycles. The van der Waals surface area contributed by atoms with Gasteiger partial charge in [0.05, 0.1) is 33.6 Å². The number of hydrogen-bond acceptors (Lipinski definition) is 15. The van der Waals surface area contributed by atoms with Crippen molar-refractivity contribution in [2.24, 2.45) is 22.7 Å². The summed E-state index contributed by atoms with van der Waals surface area (Å²) in [5.74, 6) is 0.771. The molecule has 2 aliphatic carbocycles. The van der Waals surface area contributed by atoms with Gasteiger partial charge in [-0.25, -0.2) is 15.0 Å². The van der Waals surface area contributed by atoms with Gasteiger partial charge in [0.15, 0.2) is 5.82 Å². The fraction of sp³-hybridized carbons (Fsp3) is 0.519. The number of benzene rings is 2. The largest absolute Gasteiger partial charge is 0.507 e. The molecule has 5 heterocycles. The molecule has 4 fully saturated rings. The molecule has 9 rings (SSSR count). The van der Waals surface area contributed by atoms with Gasteiger partial charge >= 0.3 is 0 Å². The predicted octanol–water partition coefficient (Wildman–Crippen LogP) is 6.19. The van der Waals surface area contributed by atoms with Gasteiger partial charge in [0.25, 0.3) is 0 Å². The fourth-order valence-electron chi connectivity index (χ4n) is 11.8. The quantitative estimate of drug-likeness (QED) is 0.0790. The molecule has 18 heteroatoms. The van der Waals surface area contributed by atoms with Crippen molar-refractivity contribution in [2.75, 3.05) is 48.8 Å². The zero-order valence-electron chi connectivity index (χ0n) is 42.6. The molecule has 5 atom stereocenters. The number of rotatable bonds is 15. The molecule has 382 valence electrons. The molecule has 2 aliphatic heterocycles. The molecular formula is C54H70N12O5S. The lowest BCUT2D eigenvalue weighted by molar-refractivity contribution is -0.149. The third kappa shape index (κ3) is 10.8. The first-order valence-corrected chi connectivity index (χ1v) is 26.3. The van der Waals surface area contributed by atoms with Crippen LogP contribution in [0.25, 0.3) is 21.7 Å². The molecule has 72 heavy (non-hydrogen) atoms. The Bertz CT molecular complexity index is 2730. The van der Waals surface area contributed by atoms with Crippen molar-refractivity contribution in [1.29, 1.82) is 0 Å². The van der Waals surface area contributed by atoms with Gasteiger partial charge in [-0.2, -0.15) is 0 Å². The number of β-amino-alcohol motifs (C(OH)–C–C–N with tert-alkyl or cyclic N) is 1. The topological polar surface area (TPSA) is 219 Å². The normalized spacial score (nSPS) is 24.5. The van der Waals surface area contributed by atoms with Crippen LogP contribution in [0.15, 0.2) is 72.5 Å². The molecule has 6 N–H and O–H groups in total. The van der Waals surface area contributed by atoms with Crippen LogP contribution in [0.3, 0.4) is 0 Å². The van der Waals surface area contributed by atoms with Gasteiger partial charge in [-0.1, -0.05) is 64.1 Å². The molecule has 0 radical (unpaired) electrons. The number of nitrogens with two attached hydrogens (primary N) is 1. The number of aliphatic hydroxyl groups excluding tert-OH is 1. The smallest absolute Gasteiger partial charge is 0.246 e. The van der Waals surface area contributed by atoms with Crippen molar-refractivity contribution in [3.05, 3.63) is 89.3 Å². The zero-order chi connectivity index (χ0) is 51.1. The number of carbonyl (C=O) groups excluding carboxylic acids is 3. The first-order chi connectivity index (χ1) is 34.4. The Balaban J connectivity index is 0.728. The maximum absolute atomic E-state index is 14.3. The summed E-state index contributed by atoms with van der Waals surface area (Å²) < 4.78 is 0. The molecule has 2 aromatic carbocycles. The molecule has 3 aromatic heterocycles. The number of phenolic OH excluding ortho intramolecular Hbond substituents is 1. The number of nitrogens with zero attached hydrogens (tertiary/aromatic N) is 9. The number of likely N-dealkylation sites (tertiary alicyclic amines) is 1. The van der Waals surface area contributed by atoms with Crippen molar-refractivity contribution in [3.8, 4) is 27.4 Å². The highest BCUT2D eigenvalue weighted by molar-refractivity contribution is 7.13. The number of aromatic hydroxyl groups is 1. The summed E-state index contributed by atoms with van der Waals surface area (Å²) in [7, 11) is 2.13. The number of aryl methyl sites for hydroxylation is 1. The van der Waals surface area contributed by atoms with Gasteiger partial charge in [0.2, 0.25) is 23.7 Å². The number of aliphatic hydroxyl groups is 1. The standard InChI is InChI=1S/C54H70N12O5S/c1-8-39-29-64(43-18-42(61-62-48(43)55)41-11-9-10-12-45(41)68)26-32(2)66(39)52-57-24-36(25-58-52)28-63(7)27-35-19-54(20-35)21-38(22-54)49(69)60-47(53(4,5)6)51(71)65-30-40(67)17-44(65)50(70)56-23-34-13-15-37(16-14-34)46-33(3)59-31-72-46/h9-16,18,24-25,31-32,35,38-40,44,47,67-68H,8,17,19-23,26-30H2,1-7H3,(H2,55,62)(H,56,70)(H,60,69)/t32?,35?,38?,39?,40-,44+,47-,54?/m1/s1. The molecule has 2 unspecified atom stereocenters. The number of nitrogen functional groups attached to an aromatic ring is 1. The lowest BCUT2D eigenvalue weighted by Gasteiger charge is -2.58. The second-order valence-electron chi connectivity index (χ2n) is 22.1. The first kappa shape index (κ1) is 50.7. The Morgan fingerprint density at radius 3 is 2.35 bits per heavy atom. The predicted molar refractivity (Wildman–Crippen MR) is 280 cm³/mol. The second kappa shape index (κ2) is 20.7. The number of nitrogens with one attached hydrogen (secondary N) is 2. The summed E-state index contributed by atoms with van der Waals surface area (Å²) in [4.78, 5) is 65.2. The maximum atomic E-state index is 14.3. The Morgan fingerprint density at radius 2 is 1.68 bits per heavy atom. The van der Waals surface area contributed by atoms with E-state index in [1.54, 1.807) is 23.5 Å². The monoisotopic (exact) mass is 999 g/mol. The summed E-state index contributed by atoms with van der Waals surface area (Å²) in [5, 5.41) is 35.8. The highest BCUT2D eigenvalue weighted by Crippen LogP contribution is 2.61. The fourth-order valence-corrected chi connectivity index (χ4v) is 12.6. The van der Waals surface area contributed by atoms with Crippen molar-refractivity contribution < 1.29 is 24.6 Å². The zero-order valence-corrected chi connectivity index (χ0v) is 43.4. The van der Waals surface area contributed by atoms with Crippen LogP contribution < -0.4 is 26.2 Å². The Labute approximate surface area is 426 Å². The van der Waals surface area contributed by atoms with Crippen LogP contribution in [-0.2, 0) is 27.5 Å². The Morgan fingerprint density at radius 1 is 0.958 bits per heavy atom. The van der Waals surface area contributed by atoms with E-state index in [9.17, 15) is 24.6 Å². The van der Waals surface area contributed by atoms with Crippen molar-refractivity contribution in [1.82, 2.24) is 45.6 Å². The number of thiazole rings is 1. The van der Waals surface area contributed by atoms with E-state index < -0.39 is 23.6 Å². The highest BCUT2D eigenvalue weighted by Gasteiger charge is 2.55. The Hall–Kier alpha value is -6.24. The molecule has 4 aliphatic rings. The number of phenols is 1. The number of anilines is 3. The van der Waals surface area contributed by atoms with Gasteiger partial charge in [0, 0.05) is 87.2 Å². The minimum Gasteiger partial charge on any atom is -0.507 e. The van der Waals surface area contributed by atoms with Gasteiger partial charge in [0.1, 0.15) is 17.8 Å². The number of carbonyl (C=O) groups is 3. The van der Waals surface area contributed by atoms with Gasteiger partial charge < -0.3 is 46.2 Å². The van der Waals surface area contributed by atoms with E-state index >= 15 is 0 Å². The van der Waals surface area contributed by atoms with Crippen LogP contribution in [0.5, 0.6) is 5.75 Å². The average molecular weight is 999 g/mol. The van der Waals surface area contributed by atoms with E-state index in [2.05, 4.69) is 61.4 Å². The third-order valence-corrected chi connectivity index (χ3v) is 16.4. The molecule has 1 spiro atoms. The first-order valence-electron chi connectivity index (χ1n) is 25.4. The van der Waals surface area contributed by atoms with Crippen LogP contribution in [0.4, 0.5) is 17.5 Å². The molecule has 2 saturated carbocycles. The van der Waals surface area contributed by atoms with E-state index in [-0.39, 0.29) is 66.4 Å². The number of para-hydroxylation sites is 1. The average Bonchev–Trinajstić information content (AvgIpc) is 3.95. The molecular weight excluding hydrogens is 929 g/mol. The second-order valence-corrected chi connectivity index (χ2v) is 22.9. The summed E-state index contributed by atoms with van der Waals surface area (Å²) in [6.07, 6.45) is 7.79. The summed E-state index contributed by atoms with van der Waals surface area (Å²) >= 11 is 1.59. The van der Waals surface area contributed by atoms with Crippen molar-refractivity contribution >= 4 is 46.5 Å².